The number of phenolic OH excluding ortho intramolecular Hbond substituents is 1. The van der Waals surface area contributed by atoms with Gasteiger partial charge in [-0.25, -0.2) is 9.97 Å². The largest absolute Gasteiger partial charge is 0.507 e. The summed E-state index contributed by atoms with van der Waals surface area (Å²) in [4.78, 5) is 49.9. The average Bonchev–Trinajstić information content (AvgIpc) is 4.20. The quantitative estimate of drug-likeness (QED) is 0.0611. The molecule has 6 atom stereocenters. The molecule has 12 rings (SSSR count). The number of aliphatic hydroxyl groups is 1. The number of rotatable bonds is 19. The van der Waals surface area contributed by atoms with Crippen molar-refractivity contribution in [2.24, 2.45) is 11.8 Å². The van der Waals surface area contributed by atoms with Gasteiger partial charge in [-0.05, 0) is 92.7 Å². The predicted molar refractivity (Wildman–Crippen MR) is 317 cm³/mol. The van der Waals surface area contributed by atoms with Gasteiger partial charge in [-0.15, -0.1) is 21.5 Å². The van der Waals surface area contributed by atoms with Crippen molar-refractivity contribution in [2.75, 3.05) is 86.5 Å². The minimum atomic E-state index is -0.855. The summed E-state index contributed by atoms with van der Waals surface area (Å²) in [6, 6.07) is 22.5. The first kappa shape index (κ1) is 56.6. The van der Waals surface area contributed by atoms with Crippen LogP contribution in [-0.2, 0) is 19.1 Å². The molecule has 2 aromatic carbocycles. The Balaban J connectivity index is 0.569. The van der Waals surface area contributed by atoms with Gasteiger partial charge in [0.05, 0.1) is 58.4 Å². The van der Waals surface area contributed by atoms with Crippen LogP contribution in [0.15, 0.2) is 89.0 Å². The van der Waals surface area contributed by atoms with E-state index >= 15 is 0 Å². The summed E-state index contributed by atoms with van der Waals surface area (Å²) < 4.78 is 24.6. The Morgan fingerprint density at radius 3 is 2.33 bits per heavy atom. The van der Waals surface area contributed by atoms with Gasteiger partial charge in [0, 0.05) is 120 Å². The number of phenols is 1. The van der Waals surface area contributed by atoms with Crippen LogP contribution in [0.3, 0.4) is 0 Å². The van der Waals surface area contributed by atoms with E-state index in [4.69, 9.17) is 24.5 Å². The number of nitrogens with two attached hydrogens (primary N) is 1. The highest BCUT2D eigenvalue weighted by Gasteiger charge is 2.45. The molecular formula is C62H78N12O8S. The number of aliphatic hydroxyl groups excluding tert-OH is 1. The number of pyridine rings is 1. The number of piperazine rings is 1. The zero-order chi connectivity index (χ0) is 57.3. The fourth-order valence-electron chi connectivity index (χ4n) is 13.6. The summed E-state index contributed by atoms with van der Waals surface area (Å²) >= 11 is 1.59. The number of likely N-dealkylation sites (tertiary alicyclic amines) is 2. The number of aromatic nitrogens is 5. The molecule has 6 aliphatic rings. The molecule has 2 amide bonds. The number of hydrogen-bond acceptors (Lipinski definition) is 19. The van der Waals surface area contributed by atoms with Crippen LogP contribution in [0.1, 0.15) is 101 Å². The van der Waals surface area contributed by atoms with Gasteiger partial charge in [-0.1, -0.05) is 55.4 Å². The first-order chi connectivity index (χ1) is 40.3. The number of ether oxygens (including phenoxy) is 3. The van der Waals surface area contributed by atoms with Crippen molar-refractivity contribution < 1.29 is 38.5 Å². The lowest BCUT2D eigenvalue weighted by Gasteiger charge is -2.43. The molecule has 5 N–H and O–H groups in total. The Bertz CT molecular complexity index is 3180. The maximum atomic E-state index is 14.5. The van der Waals surface area contributed by atoms with E-state index in [-0.39, 0.29) is 61.4 Å². The van der Waals surface area contributed by atoms with E-state index in [2.05, 4.69) is 62.4 Å². The van der Waals surface area contributed by atoms with E-state index in [9.17, 15) is 19.8 Å². The molecule has 83 heavy (non-hydrogen) atoms. The van der Waals surface area contributed by atoms with Gasteiger partial charge in [-0.2, -0.15) is 0 Å². The van der Waals surface area contributed by atoms with E-state index in [1.165, 1.54) is 4.90 Å². The average molecular weight is 1150 g/mol. The van der Waals surface area contributed by atoms with Crippen LogP contribution in [0.4, 0.5) is 23.0 Å². The molecule has 0 radical (unpaired) electrons. The number of anilines is 4. The molecule has 1 aliphatic carbocycles. The summed E-state index contributed by atoms with van der Waals surface area (Å²) in [6.07, 6.45) is 9.72. The molecule has 0 spiro atoms. The number of hydrogen-bond donors (Lipinski definition) is 4. The number of methoxy groups -OCH3 is 1. The van der Waals surface area contributed by atoms with Crippen LogP contribution in [0.5, 0.6) is 11.6 Å². The lowest BCUT2D eigenvalue weighted by molar-refractivity contribution is -0.141. The number of aromatic hydroxyl groups is 1. The number of nitrogens with one attached hydrogen (secondary N) is 1. The van der Waals surface area contributed by atoms with Crippen LogP contribution >= 0.6 is 11.3 Å². The molecule has 6 aromatic rings. The van der Waals surface area contributed by atoms with Crippen molar-refractivity contribution in [3.63, 3.8) is 0 Å². The second kappa shape index (κ2) is 24.7. The number of thiazole rings is 1. The number of para-hydroxylation sites is 1. The molecule has 21 heteroatoms. The van der Waals surface area contributed by atoms with Crippen molar-refractivity contribution in [3.8, 4) is 33.3 Å². The number of β-amino-alcohol motifs (C(OH)–C–C–N with tert-alkyl or cyclic N) is 1. The number of aryl methyl sites for hydroxylation is 1. The van der Waals surface area contributed by atoms with Gasteiger partial charge >= 0.3 is 0 Å². The number of benzene rings is 2. The third-order valence-electron chi connectivity index (χ3n) is 18.1. The number of amides is 2. The number of nitrogens with zero attached hydrogens (tertiary/aromatic N) is 10. The number of fused-ring (bicyclic) bond motifs is 2. The molecule has 1 saturated carbocycles. The maximum Gasteiger partial charge on any atom is 0.243 e. The second-order valence-electron chi connectivity index (χ2n) is 24.1. The van der Waals surface area contributed by atoms with Gasteiger partial charge in [-0.3, -0.25) is 9.59 Å². The monoisotopic (exact) mass is 1150 g/mol. The highest BCUT2D eigenvalue weighted by atomic mass is 32.1. The Morgan fingerprint density at radius 1 is 0.855 bits per heavy atom. The van der Waals surface area contributed by atoms with Crippen LogP contribution in [0.25, 0.3) is 21.7 Å². The minimum Gasteiger partial charge on any atom is -0.507 e. The highest BCUT2D eigenvalue weighted by molar-refractivity contribution is 7.13. The van der Waals surface area contributed by atoms with Crippen LogP contribution in [0, 0.1) is 18.8 Å². The number of carbonyl (C=O) groups excluding carboxylic acids is 2. The molecule has 5 aliphatic heterocycles. The molecule has 2 bridgehead atoms. The molecule has 20 nitrogen and oxygen atoms in total. The highest BCUT2D eigenvalue weighted by Crippen LogP contribution is 2.41. The fraction of sp³-hybridized carbons (Fsp3) is 0.532. The van der Waals surface area contributed by atoms with Gasteiger partial charge in [0.25, 0.3) is 0 Å². The van der Waals surface area contributed by atoms with Gasteiger partial charge in [0.1, 0.15) is 23.8 Å². The predicted octanol–water partition coefficient (Wildman–Crippen LogP) is 7.62. The number of nitrogen functional groups attached to an aromatic ring is 1. The Kier molecular flexibility index (Phi) is 16.9. The third-order valence-corrected chi connectivity index (χ3v) is 19.1. The second-order valence-corrected chi connectivity index (χ2v) is 24.9. The van der Waals surface area contributed by atoms with E-state index in [1.807, 2.05) is 81.0 Å². The molecule has 4 aromatic heterocycles. The normalized spacial score (nSPS) is 24.1. The molecule has 2 unspecified atom stereocenters. The smallest absolute Gasteiger partial charge is 0.243 e. The lowest BCUT2D eigenvalue weighted by Crippen LogP contribution is -2.54. The summed E-state index contributed by atoms with van der Waals surface area (Å²) in [5.41, 5.74) is 14.3. The van der Waals surface area contributed by atoms with E-state index in [1.54, 1.807) is 30.6 Å². The zero-order valence-electron chi connectivity index (χ0n) is 48.0. The van der Waals surface area contributed by atoms with Crippen molar-refractivity contribution >= 4 is 46.2 Å². The fourth-order valence-corrected chi connectivity index (χ4v) is 14.4. The van der Waals surface area contributed by atoms with Crippen molar-refractivity contribution in [3.05, 3.63) is 102 Å². The summed E-state index contributed by atoms with van der Waals surface area (Å²) in [5, 5.41) is 37.6. The summed E-state index contributed by atoms with van der Waals surface area (Å²) in [7, 11) is 1.60. The molecule has 440 valence electrons. The van der Waals surface area contributed by atoms with Crippen LogP contribution < -0.4 is 30.5 Å². The zero-order valence-corrected chi connectivity index (χ0v) is 48.8. The minimum absolute atomic E-state index is 0.0572. The van der Waals surface area contributed by atoms with Crippen LogP contribution in [0.2, 0.25) is 0 Å². The molecular weight excluding hydrogens is 1070 g/mol. The standard InChI is InChI=1S/C62H78N12O8S/c1-37(2)58(62(78)73-34-45(75)26-53(73)61(77)66-51(35-79-4)40-9-11-41(12-10-40)59-38(3)65-36-83-59)55-30-56(69-82-55)71-23-16-39(17-24-71)31-70-21-18-46(19-22-70)80-47-27-48(28-47)81-57-25-42(15-20-64-57)74-43-13-14-44(74)33-72(32-43)52-29-50(67-68-60(52)63)49-7-5-6-8-54(49)76/h5-12,15,20,25,29-30,36-37,39,43-48,51,53,58,75-76H,13-14,16-19,21-24,26-28,31-35H2,1-4H3,(H2,63,68)(H,66,77)/t43?,44?,45-,47?,48?,51+,53+,58-/m1/s1. The van der Waals surface area contributed by atoms with Gasteiger partial charge in [0.2, 0.25) is 17.7 Å². The van der Waals surface area contributed by atoms with E-state index < -0.39 is 24.1 Å². The maximum absolute atomic E-state index is 14.5. The van der Waals surface area contributed by atoms with Crippen LogP contribution in [-0.4, -0.2) is 166 Å². The van der Waals surface area contributed by atoms with Gasteiger partial charge in [0.15, 0.2) is 17.4 Å². The lowest BCUT2D eigenvalue weighted by atomic mass is 9.91. The van der Waals surface area contributed by atoms with Crippen molar-refractivity contribution in [1.29, 1.82) is 0 Å². The SMILES string of the molecule is COC[C@H](NC(=O)[C@@H]1C[C@@H](O)CN1C(=O)[C@@H](c1cc(N2CCC(CN3CCC(OC4CC(Oc5cc(N6C7CCC6CN(c6cc(-c8ccccc8O)nnc6N)C7)ccn5)C4)CC3)CC2)no1)C(C)C)c1ccc(-c2scnc2C)cc1. The molecule has 5 saturated heterocycles. The van der Waals surface area contributed by atoms with Crippen molar-refractivity contribution in [1.82, 2.24) is 40.4 Å². The van der Waals surface area contributed by atoms with Crippen molar-refractivity contribution in [2.45, 2.75) is 133 Å². The first-order valence-electron chi connectivity index (χ1n) is 29.8. The van der Waals surface area contributed by atoms with E-state index in [0.29, 0.717) is 46.7 Å². The topological polar surface area (TPSA) is 234 Å². The van der Waals surface area contributed by atoms with Gasteiger partial charge < -0.3 is 64.5 Å². The molecule has 9 heterocycles. The Hall–Kier alpha value is -6.91. The summed E-state index contributed by atoms with van der Waals surface area (Å²) in [5.74, 6) is 1.56. The van der Waals surface area contributed by atoms with E-state index in [0.717, 1.165) is 136 Å². The third kappa shape index (κ3) is 12.4. The Morgan fingerprint density at radius 2 is 1.61 bits per heavy atom. The number of piperidine rings is 2. The summed E-state index contributed by atoms with van der Waals surface area (Å²) in [6.45, 7) is 12.7. The number of carbonyl (C=O) groups is 2. The molecule has 6 fully saturated rings. The Labute approximate surface area is 489 Å². The first-order valence-corrected chi connectivity index (χ1v) is 30.7.